The minimum Gasteiger partial charge on any atom is -0.319 e. The molecule has 1 unspecified atom stereocenters. The molecule has 1 aliphatic heterocycles. The van der Waals surface area contributed by atoms with Gasteiger partial charge in [-0.15, -0.1) is 12.4 Å². The van der Waals surface area contributed by atoms with Gasteiger partial charge in [0, 0.05) is 18.3 Å². The summed E-state index contributed by atoms with van der Waals surface area (Å²) < 4.78 is 41.1. The van der Waals surface area contributed by atoms with Crippen LogP contribution in [0.3, 0.4) is 0 Å². The smallest absolute Gasteiger partial charge is 0.319 e. The van der Waals surface area contributed by atoms with Gasteiger partial charge in [-0.05, 0) is 24.3 Å². The fourth-order valence-corrected chi connectivity index (χ4v) is 3.97. The first kappa shape index (κ1) is 24.0. The standard InChI is InChI=1S/C21H13Cl2F3N4O.ClH/c1-30(16-10-2-3-11-27-16)15-9-4-6-12(17(15)29-20(30)21(24,25)26)19(31)28-18-13(22)7-5-8-14(18)23;/h2-11H,1H3;1H/p+1. The number of amidine groups is 1. The summed E-state index contributed by atoms with van der Waals surface area (Å²) in [7, 11) is 1.34. The van der Waals surface area contributed by atoms with Crippen LogP contribution in [0.4, 0.5) is 36.1 Å². The second-order valence-corrected chi connectivity index (χ2v) is 7.67. The second-order valence-electron chi connectivity index (χ2n) is 6.85. The van der Waals surface area contributed by atoms with Crippen molar-refractivity contribution in [1.82, 2.24) is 9.47 Å². The minimum absolute atomic E-state index is 0. The van der Waals surface area contributed by atoms with E-state index in [-0.39, 0.29) is 50.9 Å². The number of benzene rings is 2. The number of hydrogen-bond donors (Lipinski definition) is 1. The van der Waals surface area contributed by atoms with Crippen LogP contribution in [0.15, 0.2) is 65.8 Å². The molecule has 0 radical (unpaired) electrons. The van der Waals surface area contributed by atoms with Crippen molar-refractivity contribution < 1.29 is 18.0 Å². The topological polar surface area (TPSA) is 54.4 Å². The Morgan fingerprint density at radius 3 is 2.25 bits per heavy atom. The zero-order valence-corrected chi connectivity index (χ0v) is 18.6. The van der Waals surface area contributed by atoms with Crippen LogP contribution in [-0.2, 0) is 0 Å². The Labute approximate surface area is 197 Å². The molecule has 0 aliphatic carbocycles. The Morgan fingerprint density at radius 2 is 1.66 bits per heavy atom. The van der Waals surface area contributed by atoms with Crippen molar-refractivity contribution in [1.29, 1.82) is 0 Å². The lowest BCUT2D eigenvalue weighted by Crippen LogP contribution is -2.51. The van der Waals surface area contributed by atoms with Gasteiger partial charge >= 0.3 is 12.0 Å². The maximum Gasteiger partial charge on any atom is 0.488 e. The molecule has 32 heavy (non-hydrogen) atoms. The van der Waals surface area contributed by atoms with Crippen LogP contribution >= 0.6 is 35.6 Å². The molecule has 0 spiro atoms. The van der Waals surface area contributed by atoms with Gasteiger partial charge in [0.1, 0.15) is 5.69 Å². The number of fused-ring (bicyclic) bond motifs is 1. The molecule has 11 heteroatoms. The molecule has 0 bridgehead atoms. The Morgan fingerprint density at radius 1 is 1.00 bits per heavy atom. The summed E-state index contributed by atoms with van der Waals surface area (Å²) in [6.45, 7) is 0. The largest absolute Gasteiger partial charge is 0.488 e. The number of rotatable bonds is 3. The fourth-order valence-electron chi connectivity index (χ4n) is 3.48. The summed E-state index contributed by atoms with van der Waals surface area (Å²) in [6, 6.07) is 13.7. The number of hydrogen-bond acceptors (Lipinski definition) is 3. The molecule has 0 saturated heterocycles. The van der Waals surface area contributed by atoms with E-state index >= 15 is 0 Å². The number of pyridine rings is 1. The highest BCUT2D eigenvalue weighted by molar-refractivity contribution is 6.40. The van der Waals surface area contributed by atoms with Gasteiger partial charge in [-0.2, -0.15) is 22.6 Å². The van der Waals surface area contributed by atoms with Crippen molar-refractivity contribution in [2.24, 2.45) is 4.99 Å². The zero-order chi connectivity index (χ0) is 22.4. The minimum atomic E-state index is -4.76. The Bertz CT molecular complexity index is 1200. The number of aliphatic imine (C=N–C) groups is 1. The molecule has 0 fully saturated rings. The van der Waals surface area contributed by atoms with E-state index in [1.54, 1.807) is 18.2 Å². The first-order valence-electron chi connectivity index (χ1n) is 8.97. The molecule has 0 saturated carbocycles. The van der Waals surface area contributed by atoms with Gasteiger partial charge in [-0.25, -0.2) is 4.98 Å². The summed E-state index contributed by atoms with van der Waals surface area (Å²) in [5.74, 6) is -1.67. The quantitative estimate of drug-likeness (QED) is 0.395. The van der Waals surface area contributed by atoms with Crippen molar-refractivity contribution in [3.05, 3.63) is 76.4 Å². The maximum atomic E-state index is 14.0. The Kier molecular flexibility index (Phi) is 6.53. The first-order chi connectivity index (χ1) is 14.6. The van der Waals surface area contributed by atoms with Gasteiger partial charge in [0.25, 0.3) is 5.91 Å². The first-order valence-corrected chi connectivity index (χ1v) is 9.73. The van der Waals surface area contributed by atoms with Crippen molar-refractivity contribution in [2.75, 3.05) is 12.4 Å². The second kappa shape index (κ2) is 8.71. The molecule has 2 heterocycles. The van der Waals surface area contributed by atoms with Crippen LogP contribution < -0.4 is 9.80 Å². The SMILES string of the molecule is C[N+]1(c2ccccn2)C(C(F)(F)F)=Nc2c(C(=O)Nc3c(Cl)cccc3Cl)cccc21.Cl. The van der Waals surface area contributed by atoms with Gasteiger partial charge in [0.15, 0.2) is 5.69 Å². The van der Waals surface area contributed by atoms with Crippen molar-refractivity contribution >= 4 is 70.2 Å². The van der Waals surface area contributed by atoms with E-state index < -0.39 is 22.4 Å². The van der Waals surface area contributed by atoms with E-state index in [4.69, 9.17) is 23.2 Å². The number of para-hydroxylation sites is 2. The lowest BCUT2D eigenvalue weighted by molar-refractivity contribution is -0.0650. The van der Waals surface area contributed by atoms with Crippen LogP contribution in [0.25, 0.3) is 0 Å². The van der Waals surface area contributed by atoms with E-state index in [1.165, 1.54) is 49.6 Å². The molecule has 1 aromatic heterocycles. The Balaban J connectivity index is 0.00000289. The molecule has 166 valence electrons. The number of quaternary nitrogens is 1. The van der Waals surface area contributed by atoms with Crippen LogP contribution in [0.2, 0.25) is 10.0 Å². The number of carbonyl (C=O) groups excluding carboxylic acids is 1. The number of anilines is 1. The molecule has 3 aromatic rings. The van der Waals surface area contributed by atoms with E-state index in [0.717, 1.165) is 0 Å². The molecular weight excluding hydrogens is 488 g/mol. The van der Waals surface area contributed by atoms with E-state index in [9.17, 15) is 18.0 Å². The predicted octanol–water partition coefficient (Wildman–Crippen LogP) is 6.94. The van der Waals surface area contributed by atoms with Crippen LogP contribution in [-0.4, -0.2) is 30.0 Å². The molecule has 1 aliphatic rings. The van der Waals surface area contributed by atoms with Crippen molar-refractivity contribution in [3.63, 3.8) is 0 Å². The van der Waals surface area contributed by atoms with Crippen LogP contribution in [0, 0.1) is 0 Å². The van der Waals surface area contributed by atoms with E-state index in [2.05, 4.69) is 15.3 Å². The third-order valence-electron chi connectivity index (χ3n) is 4.94. The predicted molar refractivity (Wildman–Crippen MR) is 123 cm³/mol. The normalized spacial score (nSPS) is 17.2. The molecule has 5 nitrogen and oxygen atoms in total. The highest BCUT2D eigenvalue weighted by Crippen LogP contribution is 2.49. The maximum absolute atomic E-state index is 14.0. The summed E-state index contributed by atoms with van der Waals surface area (Å²) in [6.07, 6.45) is -3.36. The lowest BCUT2D eigenvalue weighted by Gasteiger charge is -2.29. The van der Waals surface area contributed by atoms with E-state index in [1.807, 2.05) is 0 Å². The third kappa shape index (κ3) is 3.95. The fraction of sp³-hybridized carbons (Fsp3) is 0.0952. The van der Waals surface area contributed by atoms with Crippen LogP contribution in [0.1, 0.15) is 10.4 Å². The summed E-state index contributed by atoms with van der Waals surface area (Å²) in [5.41, 5.74) is 0.189. The molecule has 1 atom stereocenters. The number of aromatic nitrogens is 1. The average Bonchev–Trinajstić information content (AvgIpc) is 3.06. The zero-order valence-electron chi connectivity index (χ0n) is 16.3. The molecular formula is C21H15Cl3F3N4O+. The molecule has 1 amide bonds. The van der Waals surface area contributed by atoms with Gasteiger partial charge in [0.05, 0.1) is 28.3 Å². The Hall–Kier alpha value is -2.65. The average molecular weight is 503 g/mol. The summed E-state index contributed by atoms with van der Waals surface area (Å²) >= 11 is 12.2. The monoisotopic (exact) mass is 501 g/mol. The van der Waals surface area contributed by atoms with Gasteiger partial charge < -0.3 is 5.32 Å². The molecule has 1 N–H and O–H groups in total. The lowest BCUT2D eigenvalue weighted by atomic mass is 10.1. The van der Waals surface area contributed by atoms with Gasteiger partial charge in [-0.1, -0.05) is 41.4 Å². The third-order valence-corrected chi connectivity index (χ3v) is 5.57. The van der Waals surface area contributed by atoms with Gasteiger partial charge in [0.2, 0.25) is 5.82 Å². The molecule has 2 aromatic carbocycles. The number of alkyl halides is 3. The number of halogens is 6. The van der Waals surface area contributed by atoms with Crippen molar-refractivity contribution in [2.45, 2.75) is 6.18 Å². The number of nitrogens with zero attached hydrogens (tertiary/aromatic N) is 3. The van der Waals surface area contributed by atoms with Crippen LogP contribution in [0.5, 0.6) is 0 Å². The highest BCUT2D eigenvalue weighted by Gasteiger charge is 2.57. The number of nitrogens with one attached hydrogen (secondary N) is 1. The highest BCUT2D eigenvalue weighted by atomic mass is 35.5. The number of amides is 1. The molecule has 4 rings (SSSR count). The summed E-state index contributed by atoms with van der Waals surface area (Å²) in [4.78, 5) is 21.0. The number of carbonyl (C=O) groups is 1. The van der Waals surface area contributed by atoms with E-state index in [0.29, 0.717) is 0 Å². The van der Waals surface area contributed by atoms with Crippen molar-refractivity contribution in [3.8, 4) is 0 Å². The van der Waals surface area contributed by atoms with Gasteiger partial charge in [-0.3, -0.25) is 4.79 Å². The summed E-state index contributed by atoms with van der Waals surface area (Å²) in [5, 5.41) is 2.96.